The molecule has 2 aromatic rings. The summed E-state index contributed by atoms with van der Waals surface area (Å²) in [6.45, 7) is 6.39. The van der Waals surface area contributed by atoms with Crippen LogP contribution in [0.4, 0.5) is 0 Å². The topological polar surface area (TPSA) is 30.7 Å². The van der Waals surface area contributed by atoms with Crippen LogP contribution in [0.25, 0.3) is 11.3 Å². The van der Waals surface area contributed by atoms with Gasteiger partial charge in [-0.3, -0.25) is 0 Å². The van der Waals surface area contributed by atoms with Crippen molar-refractivity contribution in [3.63, 3.8) is 0 Å². The van der Waals surface area contributed by atoms with Crippen molar-refractivity contribution in [3.05, 3.63) is 35.5 Å². The number of nitrogens with zero attached hydrogens (tertiary/aromatic N) is 3. The molecule has 0 amide bonds. The van der Waals surface area contributed by atoms with E-state index in [1.807, 2.05) is 18.7 Å². The van der Waals surface area contributed by atoms with Crippen molar-refractivity contribution in [3.8, 4) is 11.3 Å². The van der Waals surface area contributed by atoms with Gasteiger partial charge in [0.2, 0.25) is 0 Å². The zero-order valence-electron chi connectivity index (χ0n) is 10.2. The predicted molar refractivity (Wildman–Crippen MR) is 65.3 cm³/mol. The van der Waals surface area contributed by atoms with Crippen LogP contribution in [-0.2, 0) is 7.05 Å². The first kappa shape index (κ1) is 10.9. The molecule has 0 aliphatic rings. The molecule has 0 radical (unpaired) electrons. The average Bonchev–Trinajstić information content (AvgIpc) is 2.59. The molecule has 0 fully saturated rings. The van der Waals surface area contributed by atoms with Crippen molar-refractivity contribution in [1.82, 2.24) is 15.0 Å². The number of aryl methyl sites for hydroxylation is 2. The van der Waals surface area contributed by atoms with Gasteiger partial charge in [0.1, 0.15) is 0 Å². The standard InChI is InChI=1S/C13H17N3/c1-9(2)11-5-7-12(8-6-11)13-10(3)14-15-16(13)4/h5-9H,1-4H3. The van der Waals surface area contributed by atoms with Gasteiger partial charge in [0.15, 0.2) is 0 Å². The molecule has 0 saturated carbocycles. The zero-order chi connectivity index (χ0) is 11.7. The van der Waals surface area contributed by atoms with Crippen LogP contribution >= 0.6 is 0 Å². The molecule has 0 bridgehead atoms. The molecule has 0 unspecified atom stereocenters. The predicted octanol–water partition coefficient (Wildman–Crippen LogP) is 2.91. The molecule has 1 heterocycles. The third-order valence-electron chi connectivity index (χ3n) is 2.85. The maximum atomic E-state index is 4.06. The Labute approximate surface area is 96.1 Å². The molecule has 3 heteroatoms. The Kier molecular flexibility index (Phi) is 2.77. The lowest BCUT2D eigenvalue weighted by Crippen LogP contribution is -1.95. The fraction of sp³-hybridized carbons (Fsp3) is 0.385. The number of hydrogen-bond acceptors (Lipinski definition) is 2. The van der Waals surface area contributed by atoms with Crippen LogP contribution < -0.4 is 0 Å². The summed E-state index contributed by atoms with van der Waals surface area (Å²) < 4.78 is 1.82. The van der Waals surface area contributed by atoms with E-state index in [0.717, 1.165) is 11.4 Å². The zero-order valence-corrected chi connectivity index (χ0v) is 10.2. The molecule has 0 spiro atoms. The molecule has 84 valence electrons. The molecule has 1 aromatic heterocycles. The molecule has 0 aliphatic carbocycles. The minimum Gasteiger partial charge on any atom is -0.247 e. The summed E-state index contributed by atoms with van der Waals surface area (Å²) in [6.07, 6.45) is 0. The number of benzene rings is 1. The third kappa shape index (κ3) is 1.85. The van der Waals surface area contributed by atoms with Gasteiger partial charge in [-0.15, -0.1) is 5.10 Å². The summed E-state index contributed by atoms with van der Waals surface area (Å²) in [6, 6.07) is 8.63. The smallest absolute Gasteiger partial charge is 0.0911 e. The quantitative estimate of drug-likeness (QED) is 0.771. The summed E-state index contributed by atoms with van der Waals surface area (Å²) in [5.74, 6) is 0.569. The van der Waals surface area contributed by atoms with E-state index in [2.05, 4.69) is 48.4 Å². The Morgan fingerprint density at radius 2 is 1.75 bits per heavy atom. The highest BCUT2D eigenvalue weighted by Crippen LogP contribution is 2.23. The normalized spacial score (nSPS) is 11.1. The SMILES string of the molecule is Cc1nnn(C)c1-c1ccc(C(C)C)cc1. The van der Waals surface area contributed by atoms with E-state index in [0.29, 0.717) is 5.92 Å². The van der Waals surface area contributed by atoms with Gasteiger partial charge in [0.05, 0.1) is 11.4 Å². The largest absolute Gasteiger partial charge is 0.247 e. The van der Waals surface area contributed by atoms with E-state index < -0.39 is 0 Å². The Morgan fingerprint density at radius 3 is 2.19 bits per heavy atom. The average molecular weight is 215 g/mol. The van der Waals surface area contributed by atoms with Crippen molar-refractivity contribution in [2.24, 2.45) is 7.05 Å². The van der Waals surface area contributed by atoms with Crippen molar-refractivity contribution >= 4 is 0 Å². The summed E-state index contributed by atoms with van der Waals surface area (Å²) in [7, 11) is 1.92. The second kappa shape index (κ2) is 4.08. The second-order valence-corrected chi connectivity index (χ2v) is 4.42. The second-order valence-electron chi connectivity index (χ2n) is 4.42. The number of hydrogen-bond donors (Lipinski definition) is 0. The summed E-state index contributed by atoms with van der Waals surface area (Å²) in [5.41, 5.74) is 4.60. The molecule has 0 atom stereocenters. The van der Waals surface area contributed by atoms with E-state index >= 15 is 0 Å². The first-order valence-electron chi connectivity index (χ1n) is 5.56. The number of rotatable bonds is 2. The molecule has 1 aromatic carbocycles. The van der Waals surface area contributed by atoms with Crippen LogP contribution in [0.15, 0.2) is 24.3 Å². The van der Waals surface area contributed by atoms with E-state index in [9.17, 15) is 0 Å². The lowest BCUT2D eigenvalue weighted by atomic mass is 10.0. The minimum atomic E-state index is 0.569. The van der Waals surface area contributed by atoms with Gasteiger partial charge in [-0.1, -0.05) is 43.3 Å². The minimum absolute atomic E-state index is 0.569. The molecule has 3 nitrogen and oxygen atoms in total. The summed E-state index contributed by atoms with van der Waals surface area (Å²) in [4.78, 5) is 0. The van der Waals surface area contributed by atoms with Crippen LogP contribution in [0.2, 0.25) is 0 Å². The van der Waals surface area contributed by atoms with Crippen LogP contribution in [0.5, 0.6) is 0 Å². The molecule has 0 aliphatic heterocycles. The van der Waals surface area contributed by atoms with Crippen LogP contribution in [0.3, 0.4) is 0 Å². The van der Waals surface area contributed by atoms with Crippen molar-refractivity contribution in [1.29, 1.82) is 0 Å². The summed E-state index contributed by atoms with van der Waals surface area (Å²) >= 11 is 0. The first-order valence-corrected chi connectivity index (χ1v) is 5.56. The van der Waals surface area contributed by atoms with Gasteiger partial charge in [0, 0.05) is 12.6 Å². The molecular weight excluding hydrogens is 198 g/mol. The van der Waals surface area contributed by atoms with E-state index in [1.165, 1.54) is 11.1 Å². The highest BCUT2D eigenvalue weighted by Gasteiger charge is 2.09. The molecule has 2 rings (SSSR count). The Morgan fingerprint density at radius 1 is 1.12 bits per heavy atom. The lowest BCUT2D eigenvalue weighted by Gasteiger charge is -2.07. The van der Waals surface area contributed by atoms with Crippen molar-refractivity contribution < 1.29 is 0 Å². The van der Waals surface area contributed by atoms with Gasteiger partial charge in [-0.2, -0.15) is 0 Å². The van der Waals surface area contributed by atoms with Crippen LogP contribution in [0, 0.1) is 6.92 Å². The Bertz CT molecular complexity index is 461. The Balaban J connectivity index is 2.42. The van der Waals surface area contributed by atoms with Gasteiger partial charge >= 0.3 is 0 Å². The molecule has 0 saturated heterocycles. The van der Waals surface area contributed by atoms with Crippen LogP contribution in [-0.4, -0.2) is 15.0 Å². The van der Waals surface area contributed by atoms with Gasteiger partial charge < -0.3 is 0 Å². The fourth-order valence-corrected chi connectivity index (χ4v) is 1.88. The fourth-order valence-electron chi connectivity index (χ4n) is 1.88. The monoisotopic (exact) mass is 215 g/mol. The van der Waals surface area contributed by atoms with E-state index in [4.69, 9.17) is 0 Å². The van der Waals surface area contributed by atoms with E-state index in [1.54, 1.807) is 0 Å². The third-order valence-corrected chi connectivity index (χ3v) is 2.85. The summed E-state index contributed by atoms with van der Waals surface area (Å²) in [5, 5.41) is 8.08. The van der Waals surface area contributed by atoms with Crippen molar-refractivity contribution in [2.75, 3.05) is 0 Å². The van der Waals surface area contributed by atoms with Gasteiger partial charge in [0.25, 0.3) is 0 Å². The molecule has 16 heavy (non-hydrogen) atoms. The number of aromatic nitrogens is 3. The van der Waals surface area contributed by atoms with E-state index in [-0.39, 0.29) is 0 Å². The Hall–Kier alpha value is -1.64. The van der Waals surface area contributed by atoms with Gasteiger partial charge in [-0.05, 0) is 18.4 Å². The molecule has 0 N–H and O–H groups in total. The molecular formula is C13H17N3. The first-order chi connectivity index (χ1) is 7.59. The maximum absolute atomic E-state index is 4.06. The van der Waals surface area contributed by atoms with Crippen LogP contribution in [0.1, 0.15) is 31.0 Å². The lowest BCUT2D eigenvalue weighted by molar-refractivity contribution is 0.719. The highest BCUT2D eigenvalue weighted by molar-refractivity contribution is 5.61. The van der Waals surface area contributed by atoms with Crippen molar-refractivity contribution in [2.45, 2.75) is 26.7 Å². The highest BCUT2D eigenvalue weighted by atomic mass is 15.4. The van der Waals surface area contributed by atoms with Gasteiger partial charge in [-0.25, -0.2) is 4.68 Å². The maximum Gasteiger partial charge on any atom is 0.0911 e.